The van der Waals surface area contributed by atoms with Crippen molar-refractivity contribution in [3.8, 4) is 0 Å². The number of halogens is 2. The molecule has 0 aliphatic carbocycles. The molecular formula is CuI2O4. The summed E-state index contributed by atoms with van der Waals surface area (Å²) in [4.78, 5) is 0. The average molecular weight is 381 g/mol. The minimum Gasteiger partial charge on any atom is -0.599 e. The van der Waals surface area contributed by atoms with Gasteiger partial charge in [0.05, 0.1) is 0 Å². The van der Waals surface area contributed by atoms with Gasteiger partial charge in [-0.25, -0.2) is 0 Å². The van der Waals surface area contributed by atoms with Crippen LogP contribution in [0.15, 0.2) is 0 Å². The second-order valence-electron chi connectivity index (χ2n) is 0.126. The molecule has 49 valence electrons. The normalized spacial score (nSPS) is 5.14. The van der Waals surface area contributed by atoms with Crippen LogP contribution in [-0.4, -0.2) is 0 Å². The standard InChI is InChI=1S/Cu.2IO2/c;2*2-1-3/q+2;2*-1. The number of hydrogen-bond donors (Lipinski definition) is 0. The smallest absolute Gasteiger partial charge is 0.599 e. The van der Waals surface area contributed by atoms with E-state index in [1.54, 1.807) is 0 Å². The van der Waals surface area contributed by atoms with E-state index in [-0.39, 0.29) is 17.1 Å². The Morgan fingerprint density at radius 3 is 0.714 bits per heavy atom. The first-order valence-corrected chi connectivity index (χ1v) is 4.14. The molecule has 0 saturated carbocycles. The Kier molecular flexibility index (Phi) is 56.7. The summed E-state index contributed by atoms with van der Waals surface area (Å²) in [5.41, 5.74) is 0. The summed E-state index contributed by atoms with van der Waals surface area (Å²) in [5.74, 6) is 0. The zero-order valence-corrected chi connectivity index (χ0v) is 7.95. The van der Waals surface area contributed by atoms with E-state index in [9.17, 15) is 0 Å². The van der Waals surface area contributed by atoms with Gasteiger partial charge >= 0.3 is 17.1 Å². The van der Waals surface area contributed by atoms with Crippen molar-refractivity contribution in [2.75, 3.05) is 0 Å². The molecule has 0 aliphatic rings. The fourth-order valence-corrected chi connectivity index (χ4v) is 0. The molecule has 0 aliphatic heterocycles. The monoisotopic (exact) mass is 381 g/mol. The Morgan fingerprint density at radius 2 is 0.714 bits per heavy atom. The van der Waals surface area contributed by atoms with Gasteiger partial charge in [-0.2, -0.15) is 0 Å². The van der Waals surface area contributed by atoms with Gasteiger partial charge in [0.15, 0.2) is 44.1 Å². The van der Waals surface area contributed by atoms with E-state index in [0.717, 1.165) is 0 Å². The molecule has 1 radical (unpaired) electrons. The minimum atomic E-state index is -1.91. The van der Waals surface area contributed by atoms with E-state index in [2.05, 4.69) is 0 Å². The van der Waals surface area contributed by atoms with Crippen molar-refractivity contribution in [3.63, 3.8) is 0 Å². The van der Waals surface area contributed by atoms with E-state index in [1.165, 1.54) is 0 Å². The predicted octanol–water partition coefficient (Wildman–Crippen LogP) is -10.8. The van der Waals surface area contributed by atoms with E-state index >= 15 is 0 Å². The Hall–Kier alpha value is 1.82. The molecule has 0 fully saturated rings. The molecule has 0 saturated heterocycles. The first kappa shape index (κ1) is 15.9. The van der Waals surface area contributed by atoms with Crippen molar-refractivity contribution in [1.82, 2.24) is 0 Å². The van der Waals surface area contributed by atoms with Gasteiger partial charge in [-0.1, -0.05) is 0 Å². The zero-order chi connectivity index (χ0) is 5.41. The van der Waals surface area contributed by atoms with Crippen LogP contribution in [0.2, 0.25) is 0 Å². The van der Waals surface area contributed by atoms with Gasteiger partial charge in [-0.05, 0) is 0 Å². The molecule has 0 unspecified atom stereocenters. The van der Waals surface area contributed by atoms with Crippen LogP contribution in [0.1, 0.15) is 0 Å². The second-order valence-corrected chi connectivity index (χ2v) is 0.845. The van der Waals surface area contributed by atoms with E-state index in [4.69, 9.17) is 13.7 Å². The topological polar surface area (TPSA) is 92.2 Å². The Bertz CT molecular complexity index is 11.7. The molecule has 0 aromatic heterocycles. The molecule has 0 aromatic carbocycles. The van der Waals surface area contributed by atoms with E-state index in [0.29, 0.717) is 0 Å². The summed E-state index contributed by atoms with van der Waals surface area (Å²) < 4.78 is 33.9. The predicted molar refractivity (Wildman–Crippen MR) is 0 cm³/mol. The average Bonchev–Trinajstić information content (AvgIpc) is 1.39. The molecule has 0 heterocycles. The molecule has 7 heteroatoms. The van der Waals surface area contributed by atoms with Crippen LogP contribution < -0.4 is 57.8 Å². The fourth-order valence-electron chi connectivity index (χ4n) is 0. The zero-order valence-electron chi connectivity index (χ0n) is 2.69. The number of hydrogen-bond acceptors (Lipinski definition) is 4. The summed E-state index contributed by atoms with van der Waals surface area (Å²) >= 11 is -3.82. The van der Waals surface area contributed by atoms with Gasteiger partial charge in [0.2, 0.25) is 0 Å². The van der Waals surface area contributed by atoms with Gasteiger partial charge in [-0.3, -0.25) is 0 Å². The third-order valence-electron chi connectivity index (χ3n) is 0. The van der Waals surface area contributed by atoms with Crippen molar-refractivity contribution in [2.24, 2.45) is 0 Å². The molecule has 0 N–H and O–H groups in total. The van der Waals surface area contributed by atoms with Crippen molar-refractivity contribution in [3.05, 3.63) is 0 Å². The fraction of sp³-hybridized carbons (Fsp3) is 0. The molecule has 7 heavy (non-hydrogen) atoms. The van der Waals surface area contributed by atoms with Gasteiger partial charge in [0.25, 0.3) is 0 Å². The van der Waals surface area contributed by atoms with Crippen LogP contribution in [0.4, 0.5) is 0 Å². The third kappa shape index (κ3) is 80.0. The Labute approximate surface area is 74.1 Å². The van der Waals surface area contributed by atoms with Crippen molar-refractivity contribution < 1.29 is 74.9 Å². The second kappa shape index (κ2) is 24.9. The van der Waals surface area contributed by atoms with Crippen LogP contribution in [-0.2, 0) is 17.1 Å². The Balaban J connectivity index is -0.0000000400. The quantitative estimate of drug-likeness (QED) is 0.308. The molecule has 4 nitrogen and oxygen atoms in total. The van der Waals surface area contributed by atoms with E-state index < -0.39 is 44.1 Å². The summed E-state index contributed by atoms with van der Waals surface area (Å²) in [6, 6.07) is 0. The SMILES string of the molecule is [Cu+2].[O-][I+][O-].[O-][I+][O-]. The number of rotatable bonds is 0. The first-order chi connectivity index (χ1) is 2.83. The van der Waals surface area contributed by atoms with Crippen molar-refractivity contribution >= 4 is 0 Å². The van der Waals surface area contributed by atoms with Gasteiger partial charge in [-0.15, -0.1) is 0 Å². The van der Waals surface area contributed by atoms with Crippen LogP contribution >= 0.6 is 0 Å². The summed E-state index contributed by atoms with van der Waals surface area (Å²) in [6.07, 6.45) is 0. The molecule has 0 amide bonds. The third-order valence-corrected chi connectivity index (χ3v) is 0. The van der Waals surface area contributed by atoms with Crippen LogP contribution in [0.25, 0.3) is 0 Å². The molecule has 0 bridgehead atoms. The maximum atomic E-state index is 8.48. The summed E-state index contributed by atoms with van der Waals surface area (Å²) in [7, 11) is 0. The molecule has 0 aromatic rings. The van der Waals surface area contributed by atoms with Gasteiger partial charge in [0.1, 0.15) is 0 Å². The Morgan fingerprint density at radius 1 is 0.714 bits per heavy atom. The van der Waals surface area contributed by atoms with Crippen molar-refractivity contribution in [1.29, 1.82) is 0 Å². The summed E-state index contributed by atoms with van der Waals surface area (Å²) in [5, 5.41) is 0. The largest absolute Gasteiger partial charge is 2.00 e. The minimum absolute atomic E-state index is 0. The van der Waals surface area contributed by atoms with E-state index in [1.807, 2.05) is 0 Å². The first-order valence-electron chi connectivity index (χ1n) is 0.617. The van der Waals surface area contributed by atoms with Crippen molar-refractivity contribution in [2.45, 2.75) is 0 Å². The molecule has 0 rings (SSSR count). The molecule has 0 atom stereocenters. The maximum absolute atomic E-state index is 8.48. The van der Waals surface area contributed by atoms with Crippen LogP contribution in [0.3, 0.4) is 0 Å². The van der Waals surface area contributed by atoms with Crippen LogP contribution in [0, 0.1) is 0 Å². The van der Waals surface area contributed by atoms with Crippen LogP contribution in [0.5, 0.6) is 0 Å². The van der Waals surface area contributed by atoms with Gasteiger partial charge in [0, 0.05) is 0 Å². The molecular weight excluding hydrogens is 381 g/mol. The molecule has 0 spiro atoms. The van der Waals surface area contributed by atoms with Gasteiger partial charge < -0.3 is 13.7 Å². The maximum Gasteiger partial charge on any atom is 2.00 e. The summed E-state index contributed by atoms with van der Waals surface area (Å²) in [6.45, 7) is 0.